The van der Waals surface area contributed by atoms with Crippen LogP contribution in [0.3, 0.4) is 0 Å². The number of Topliss-reactive ketones (excluding diaryl/α,β-unsaturated/α-hetero) is 3. The minimum Gasteiger partial charge on any atom is -0.348 e. The highest BCUT2D eigenvalue weighted by atomic mass is 16.5. The van der Waals surface area contributed by atoms with Gasteiger partial charge in [0.15, 0.2) is 17.3 Å². The molecule has 0 bridgehead atoms. The molecule has 0 unspecified atom stereocenters. The number of carbonyl (C=O) groups excluding carboxylic acids is 3. The van der Waals surface area contributed by atoms with Gasteiger partial charge in [-0.05, 0) is 27.7 Å². The number of ether oxygens (including phenoxy) is 1. The zero-order valence-corrected chi connectivity index (χ0v) is 9.55. The summed E-state index contributed by atoms with van der Waals surface area (Å²) < 4.78 is 5.13. The second-order valence-corrected chi connectivity index (χ2v) is 3.60. The molecule has 0 rings (SSSR count). The van der Waals surface area contributed by atoms with Crippen LogP contribution in [-0.2, 0) is 19.1 Å². The smallest absolute Gasteiger partial charge is 0.242 e. The zero-order chi connectivity index (χ0) is 12.2. The van der Waals surface area contributed by atoms with Gasteiger partial charge < -0.3 is 4.74 Å². The molecule has 0 saturated heterocycles. The molecular weight excluding hydrogens is 196 g/mol. The number of rotatable bonds is 6. The van der Waals surface area contributed by atoms with Crippen molar-refractivity contribution in [2.45, 2.75) is 33.3 Å². The molecule has 0 aromatic heterocycles. The van der Waals surface area contributed by atoms with Crippen LogP contribution in [0.25, 0.3) is 0 Å². The highest BCUT2D eigenvalue weighted by Crippen LogP contribution is 2.17. The maximum atomic E-state index is 11.4. The average Bonchev–Trinajstić information content (AvgIpc) is 2.02. The van der Waals surface area contributed by atoms with Gasteiger partial charge in [-0.2, -0.15) is 0 Å². The fourth-order valence-electron chi connectivity index (χ4n) is 1.28. The molecule has 0 aliphatic heterocycles. The van der Waals surface area contributed by atoms with Crippen LogP contribution in [0.4, 0.5) is 0 Å². The summed E-state index contributed by atoms with van der Waals surface area (Å²) in [6.45, 7) is 8.78. The fraction of sp³-hybridized carbons (Fsp3) is 0.545. The van der Waals surface area contributed by atoms with Crippen LogP contribution < -0.4 is 0 Å². The van der Waals surface area contributed by atoms with Gasteiger partial charge in [0.1, 0.15) is 0 Å². The van der Waals surface area contributed by atoms with Crippen LogP contribution in [0.2, 0.25) is 0 Å². The number of carbonyl (C=O) groups is 3. The van der Waals surface area contributed by atoms with E-state index in [0.717, 1.165) is 0 Å². The fourth-order valence-corrected chi connectivity index (χ4v) is 1.28. The van der Waals surface area contributed by atoms with E-state index in [4.69, 9.17) is 4.74 Å². The van der Waals surface area contributed by atoms with Crippen molar-refractivity contribution in [3.63, 3.8) is 0 Å². The maximum absolute atomic E-state index is 11.4. The van der Waals surface area contributed by atoms with Crippen LogP contribution >= 0.6 is 0 Å². The molecule has 4 nitrogen and oxygen atoms in total. The van der Waals surface area contributed by atoms with E-state index in [2.05, 4.69) is 6.58 Å². The van der Waals surface area contributed by atoms with Gasteiger partial charge in [-0.25, -0.2) is 0 Å². The predicted octanol–water partition coefficient (Wildman–Crippen LogP) is 1.08. The topological polar surface area (TPSA) is 60.4 Å². The molecule has 0 aromatic rings. The lowest BCUT2D eigenvalue weighted by Gasteiger charge is -2.25. The molecule has 0 atom stereocenters. The van der Waals surface area contributed by atoms with E-state index in [1.165, 1.54) is 20.8 Å². The van der Waals surface area contributed by atoms with Crippen molar-refractivity contribution in [3.8, 4) is 0 Å². The van der Waals surface area contributed by atoms with Crippen LogP contribution in [0.1, 0.15) is 27.7 Å². The van der Waals surface area contributed by atoms with Gasteiger partial charge in [-0.1, -0.05) is 12.2 Å². The van der Waals surface area contributed by atoms with Crippen molar-refractivity contribution in [2.75, 3.05) is 6.61 Å². The van der Waals surface area contributed by atoms with Gasteiger partial charge in [0, 0.05) is 0 Å². The zero-order valence-electron chi connectivity index (χ0n) is 9.55. The Hall–Kier alpha value is -1.29. The van der Waals surface area contributed by atoms with Gasteiger partial charge in [0.25, 0.3) is 0 Å². The first-order valence-corrected chi connectivity index (χ1v) is 4.56. The molecule has 0 amide bonds. The number of hydrogen-bond donors (Lipinski definition) is 0. The summed E-state index contributed by atoms with van der Waals surface area (Å²) in [5, 5.41) is 0. The monoisotopic (exact) mass is 212 g/mol. The molecule has 84 valence electrons. The summed E-state index contributed by atoms with van der Waals surface area (Å²) in [6, 6.07) is 0. The first-order valence-electron chi connectivity index (χ1n) is 4.56. The van der Waals surface area contributed by atoms with Crippen molar-refractivity contribution in [2.24, 2.45) is 0 Å². The molecule has 0 saturated carbocycles. The van der Waals surface area contributed by atoms with Crippen molar-refractivity contribution in [1.82, 2.24) is 0 Å². The summed E-state index contributed by atoms with van der Waals surface area (Å²) in [5.41, 5.74) is -1.30. The Morgan fingerprint density at radius 2 is 1.33 bits per heavy atom. The number of ketones is 3. The van der Waals surface area contributed by atoms with E-state index in [9.17, 15) is 14.4 Å². The Kier molecular flexibility index (Phi) is 4.55. The van der Waals surface area contributed by atoms with Crippen LogP contribution in [0.15, 0.2) is 12.2 Å². The average molecular weight is 212 g/mol. The minimum absolute atomic E-state index is 0.0126. The lowest BCUT2D eigenvalue weighted by molar-refractivity contribution is -0.161. The molecule has 0 spiro atoms. The van der Waals surface area contributed by atoms with Crippen LogP contribution in [0.5, 0.6) is 0 Å². The molecule has 0 aliphatic rings. The molecule has 4 heteroatoms. The van der Waals surface area contributed by atoms with E-state index in [-0.39, 0.29) is 6.61 Å². The largest absolute Gasteiger partial charge is 0.348 e. The van der Waals surface area contributed by atoms with Crippen LogP contribution in [0, 0.1) is 0 Å². The summed E-state index contributed by atoms with van der Waals surface area (Å²) in [7, 11) is 0. The normalized spacial score (nSPS) is 10.9. The lowest BCUT2D eigenvalue weighted by atomic mass is 9.90. The van der Waals surface area contributed by atoms with E-state index >= 15 is 0 Å². The van der Waals surface area contributed by atoms with Crippen molar-refractivity contribution in [1.29, 1.82) is 0 Å². The van der Waals surface area contributed by atoms with Crippen LogP contribution in [-0.4, -0.2) is 29.6 Å². The van der Waals surface area contributed by atoms with Crippen molar-refractivity contribution < 1.29 is 19.1 Å². The quantitative estimate of drug-likeness (QED) is 0.488. The second-order valence-electron chi connectivity index (χ2n) is 3.60. The molecular formula is C11H16O4. The standard InChI is InChI=1S/C11H16O4/c1-7(2)6-15-11(8(3)12,9(4)13)10(5)14/h1,6H2,2-5H3. The summed E-state index contributed by atoms with van der Waals surface area (Å²) in [4.78, 5) is 34.1. The Labute approximate surface area is 89.3 Å². The molecule has 0 N–H and O–H groups in total. The molecule has 0 aliphatic carbocycles. The Balaban J connectivity index is 5.15. The Morgan fingerprint density at radius 3 is 1.53 bits per heavy atom. The van der Waals surface area contributed by atoms with Gasteiger partial charge in [-0.3, -0.25) is 14.4 Å². The first kappa shape index (κ1) is 13.7. The summed E-state index contributed by atoms with van der Waals surface area (Å²) >= 11 is 0. The van der Waals surface area contributed by atoms with Gasteiger partial charge in [0.2, 0.25) is 5.60 Å². The maximum Gasteiger partial charge on any atom is 0.242 e. The van der Waals surface area contributed by atoms with E-state index in [1.54, 1.807) is 6.92 Å². The first-order chi connectivity index (χ1) is 6.75. The van der Waals surface area contributed by atoms with E-state index in [0.29, 0.717) is 5.57 Å². The van der Waals surface area contributed by atoms with E-state index in [1.807, 2.05) is 0 Å². The third kappa shape index (κ3) is 2.83. The Bertz CT molecular complexity index is 279. The molecule has 0 fully saturated rings. The SMILES string of the molecule is C=C(C)COC(C(C)=O)(C(C)=O)C(C)=O. The number of hydrogen-bond acceptors (Lipinski definition) is 4. The molecule has 0 radical (unpaired) electrons. The van der Waals surface area contributed by atoms with Gasteiger partial charge >= 0.3 is 0 Å². The Morgan fingerprint density at radius 1 is 1.00 bits per heavy atom. The van der Waals surface area contributed by atoms with Crippen molar-refractivity contribution >= 4 is 17.3 Å². The molecule has 15 heavy (non-hydrogen) atoms. The third-order valence-corrected chi connectivity index (χ3v) is 2.02. The minimum atomic E-state index is -1.95. The van der Waals surface area contributed by atoms with E-state index < -0.39 is 23.0 Å². The van der Waals surface area contributed by atoms with Gasteiger partial charge in [0.05, 0.1) is 6.61 Å². The molecule has 0 aromatic carbocycles. The van der Waals surface area contributed by atoms with Crippen molar-refractivity contribution in [3.05, 3.63) is 12.2 Å². The summed E-state index contributed by atoms with van der Waals surface area (Å²) in [5.74, 6) is -1.78. The highest BCUT2D eigenvalue weighted by Gasteiger charge is 2.46. The lowest BCUT2D eigenvalue weighted by Crippen LogP contribution is -2.53. The third-order valence-electron chi connectivity index (χ3n) is 2.02. The highest BCUT2D eigenvalue weighted by molar-refractivity contribution is 6.26. The summed E-state index contributed by atoms with van der Waals surface area (Å²) in [6.07, 6.45) is 0. The van der Waals surface area contributed by atoms with Gasteiger partial charge in [-0.15, -0.1) is 0 Å². The predicted molar refractivity (Wildman–Crippen MR) is 55.5 cm³/mol. The second kappa shape index (κ2) is 4.98. The molecule has 0 heterocycles.